The molecule has 0 bridgehead atoms. The summed E-state index contributed by atoms with van der Waals surface area (Å²) >= 11 is 0. The molecule has 2 aromatic carbocycles. The lowest BCUT2D eigenvalue weighted by Gasteiger charge is -2.12. The predicted molar refractivity (Wildman–Crippen MR) is 101 cm³/mol. The van der Waals surface area contributed by atoms with Crippen molar-refractivity contribution in [2.75, 3.05) is 21.3 Å². The second-order valence-electron chi connectivity index (χ2n) is 5.87. The molecule has 0 amide bonds. The van der Waals surface area contributed by atoms with E-state index in [1.807, 2.05) is 0 Å². The highest BCUT2D eigenvalue weighted by molar-refractivity contribution is 6.14. The molecule has 1 aliphatic heterocycles. The van der Waals surface area contributed by atoms with Gasteiger partial charge in [0.05, 0.1) is 26.9 Å². The summed E-state index contributed by atoms with van der Waals surface area (Å²) in [6, 6.07) is 8.02. The zero-order valence-electron chi connectivity index (χ0n) is 16.0. The Morgan fingerprint density at radius 3 is 2.32 bits per heavy atom. The fourth-order valence-electron chi connectivity index (χ4n) is 2.74. The van der Waals surface area contributed by atoms with Gasteiger partial charge in [0.1, 0.15) is 17.2 Å². The molecule has 0 fully saturated rings. The van der Waals surface area contributed by atoms with E-state index in [1.165, 1.54) is 27.4 Å². The van der Waals surface area contributed by atoms with Gasteiger partial charge in [-0.2, -0.15) is 0 Å². The van der Waals surface area contributed by atoms with Crippen LogP contribution in [0.4, 0.5) is 0 Å². The van der Waals surface area contributed by atoms with E-state index in [1.54, 1.807) is 37.3 Å². The topological polar surface area (TPSA) is 80.3 Å². The largest absolute Gasteiger partial charge is 0.496 e. The van der Waals surface area contributed by atoms with Crippen LogP contribution >= 0.6 is 0 Å². The van der Waals surface area contributed by atoms with Gasteiger partial charge in [-0.25, -0.2) is 0 Å². The third kappa shape index (κ3) is 3.64. The van der Waals surface area contributed by atoms with E-state index in [2.05, 4.69) is 0 Å². The molecule has 1 aliphatic rings. The lowest BCUT2D eigenvalue weighted by atomic mass is 10.1. The van der Waals surface area contributed by atoms with Crippen molar-refractivity contribution in [1.82, 2.24) is 0 Å². The molecular formula is C21H20O7. The van der Waals surface area contributed by atoms with Crippen molar-refractivity contribution in [3.63, 3.8) is 0 Å². The maximum Gasteiger partial charge on any atom is 0.310 e. The van der Waals surface area contributed by atoms with Crippen molar-refractivity contribution in [2.24, 2.45) is 0 Å². The third-order valence-corrected chi connectivity index (χ3v) is 4.18. The van der Waals surface area contributed by atoms with Gasteiger partial charge in [-0.15, -0.1) is 0 Å². The number of hydrogen-bond acceptors (Lipinski definition) is 7. The number of benzene rings is 2. The van der Waals surface area contributed by atoms with Crippen LogP contribution in [0.5, 0.6) is 28.7 Å². The maximum absolute atomic E-state index is 12.7. The van der Waals surface area contributed by atoms with Crippen LogP contribution in [0.1, 0.15) is 29.3 Å². The summed E-state index contributed by atoms with van der Waals surface area (Å²) in [5.74, 6) is 1.63. The summed E-state index contributed by atoms with van der Waals surface area (Å²) in [5.41, 5.74) is 0.982. The number of rotatable bonds is 6. The summed E-state index contributed by atoms with van der Waals surface area (Å²) < 4.78 is 26.8. The zero-order chi connectivity index (χ0) is 20.3. The molecule has 0 N–H and O–H groups in total. The predicted octanol–water partition coefficient (Wildman–Crippen LogP) is 3.64. The first-order chi connectivity index (χ1) is 13.5. The Balaban J connectivity index is 1.95. The molecule has 0 saturated carbocycles. The molecule has 2 aromatic rings. The highest BCUT2D eigenvalue weighted by atomic mass is 16.5. The van der Waals surface area contributed by atoms with E-state index in [0.717, 1.165) is 0 Å². The number of fused-ring (bicyclic) bond motifs is 1. The van der Waals surface area contributed by atoms with Crippen LogP contribution in [0.25, 0.3) is 6.08 Å². The molecule has 0 aliphatic carbocycles. The SMILES string of the molecule is CCC(=O)Oc1ccc2c(c1)OC(=Cc1cc(OC)c(OC)cc1OC)C2=O. The molecule has 146 valence electrons. The molecule has 0 atom stereocenters. The van der Waals surface area contributed by atoms with Gasteiger partial charge in [-0.05, 0) is 24.3 Å². The molecule has 7 nitrogen and oxygen atoms in total. The summed E-state index contributed by atoms with van der Waals surface area (Å²) in [7, 11) is 4.57. The maximum atomic E-state index is 12.7. The summed E-state index contributed by atoms with van der Waals surface area (Å²) in [4.78, 5) is 24.1. The third-order valence-electron chi connectivity index (χ3n) is 4.18. The monoisotopic (exact) mass is 384 g/mol. The van der Waals surface area contributed by atoms with Gasteiger partial charge in [-0.1, -0.05) is 6.92 Å². The lowest BCUT2D eigenvalue weighted by Crippen LogP contribution is -2.05. The van der Waals surface area contributed by atoms with Gasteiger partial charge >= 0.3 is 5.97 Å². The lowest BCUT2D eigenvalue weighted by molar-refractivity contribution is -0.134. The number of Topliss-reactive ketones (excluding diaryl/α,β-unsaturated/α-hetero) is 1. The van der Waals surface area contributed by atoms with Gasteiger partial charge in [0, 0.05) is 24.1 Å². The first-order valence-corrected chi connectivity index (χ1v) is 8.59. The van der Waals surface area contributed by atoms with E-state index in [4.69, 9.17) is 23.7 Å². The molecular weight excluding hydrogens is 364 g/mol. The highest BCUT2D eigenvalue weighted by Crippen LogP contribution is 2.39. The number of hydrogen-bond donors (Lipinski definition) is 0. The minimum atomic E-state index is -0.366. The van der Waals surface area contributed by atoms with Crippen molar-refractivity contribution in [1.29, 1.82) is 0 Å². The fraction of sp³-hybridized carbons (Fsp3) is 0.238. The highest BCUT2D eigenvalue weighted by Gasteiger charge is 2.28. The van der Waals surface area contributed by atoms with Crippen molar-refractivity contribution >= 4 is 17.8 Å². The molecule has 0 unspecified atom stereocenters. The van der Waals surface area contributed by atoms with Crippen LogP contribution < -0.4 is 23.7 Å². The van der Waals surface area contributed by atoms with Gasteiger partial charge in [-0.3, -0.25) is 9.59 Å². The summed E-state index contributed by atoms with van der Waals surface area (Å²) in [5, 5.41) is 0. The molecule has 7 heteroatoms. The van der Waals surface area contributed by atoms with Crippen LogP contribution in [0.3, 0.4) is 0 Å². The van der Waals surface area contributed by atoms with E-state index in [-0.39, 0.29) is 23.9 Å². The van der Waals surface area contributed by atoms with Crippen molar-refractivity contribution in [3.8, 4) is 28.7 Å². The Labute approximate surface area is 162 Å². The Kier molecular flexibility index (Phi) is 5.54. The van der Waals surface area contributed by atoms with E-state index < -0.39 is 0 Å². The normalized spacial score (nSPS) is 13.7. The van der Waals surface area contributed by atoms with Gasteiger partial charge in [0.25, 0.3) is 0 Å². The van der Waals surface area contributed by atoms with Crippen LogP contribution in [0.2, 0.25) is 0 Å². The van der Waals surface area contributed by atoms with Crippen molar-refractivity contribution in [2.45, 2.75) is 13.3 Å². The van der Waals surface area contributed by atoms with Gasteiger partial charge in [0.15, 0.2) is 17.3 Å². The molecule has 0 saturated heterocycles. The van der Waals surface area contributed by atoms with E-state index >= 15 is 0 Å². The summed E-state index contributed by atoms with van der Waals surface area (Å²) in [6.45, 7) is 1.70. The number of methoxy groups -OCH3 is 3. The summed E-state index contributed by atoms with van der Waals surface area (Å²) in [6.07, 6.45) is 1.82. The van der Waals surface area contributed by atoms with E-state index in [0.29, 0.717) is 39.9 Å². The molecule has 1 heterocycles. The molecule has 0 aromatic heterocycles. The standard InChI is InChI=1S/C21H20O7/c1-5-20(22)27-13-6-7-14-16(10-13)28-19(21(14)23)9-12-8-17(25-3)18(26-4)11-15(12)24-2/h6-11H,5H2,1-4H3. The Bertz CT molecular complexity index is 959. The molecule has 28 heavy (non-hydrogen) atoms. The smallest absolute Gasteiger partial charge is 0.310 e. The average molecular weight is 384 g/mol. The first kappa shape index (κ1) is 19.3. The van der Waals surface area contributed by atoms with Crippen molar-refractivity contribution in [3.05, 3.63) is 47.2 Å². The molecule has 3 rings (SSSR count). The Morgan fingerprint density at radius 1 is 1.00 bits per heavy atom. The second-order valence-corrected chi connectivity index (χ2v) is 5.87. The fourth-order valence-corrected chi connectivity index (χ4v) is 2.74. The zero-order valence-corrected chi connectivity index (χ0v) is 16.0. The number of ether oxygens (including phenoxy) is 5. The first-order valence-electron chi connectivity index (χ1n) is 8.59. The number of allylic oxidation sites excluding steroid dienone is 1. The van der Waals surface area contributed by atoms with Crippen LogP contribution in [-0.4, -0.2) is 33.1 Å². The molecule has 0 spiro atoms. The van der Waals surface area contributed by atoms with Crippen LogP contribution in [-0.2, 0) is 4.79 Å². The minimum Gasteiger partial charge on any atom is -0.496 e. The number of ketones is 1. The number of carbonyl (C=O) groups is 2. The second kappa shape index (κ2) is 8.04. The van der Waals surface area contributed by atoms with Crippen LogP contribution in [0.15, 0.2) is 36.1 Å². The van der Waals surface area contributed by atoms with Gasteiger partial charge < -0.3 is 23.7 Å². The number of esters is 1. The Morgan fingerprint density at radius 2 is 1.68 bits per heavy atom. The quantitative estimate of drug-likeness (QED) is 0.427. The molecule has 0 radical (unpaired) electrons. The van der Waals surface area contributed by atoms with E-state index in [9.17, 15) is 9.59 Å². The minimum absolute atomic E-state index is 0.125. The van der Waals surface area contributed by atoms with Crippen LogP contribution in [0, 0.1) is 0 Å². The van der Waals surface area contributed by atoms with Gasteiger partial charge in [0.2, 0.25) is 5.78 Å². The Hall–Kier alpha value is -3.48. The number of carbonyl (C=O) groups excluding carboxylic acids is 2. The average Bonchev–Trinajstić information content (AvgIpc) is 3.02. The van der Waals surface area contributed by atoms with Crippen molar-refractivity contribution < 1.29 is 33.3 Å².